The topological polar surface area (TPSA) is 77.6 Å². The third-order valence-corrected chi connectivity index (χ3v) is 5.59. The standard InChI is InChI=1S/C20H20FN3O2/c1-19(20(7-8-20)12-26-18(22)24-19)14-10-13(5-6-15(14)21)11-17(25)16-4-2-3-9-23-16/h2-6,9-10H,7-8,11-12H2,1H3,(H2,22,24)/t19-/m1/s1. The Balaban J connectivity index is 1.69. The van der Waals surface area contributed by atoms with E-state index in [9.17, 15) is 9.18 Å². The van der Waals surface area contributed by atoms with Crippen molar-refractivity contribution in [3.63, 3.8) is 0 Å². The minimum Gasteiger partial charge on any atom is -0.465 e. The molecule has 1 atom stereocenters. The molecule has 2 aromatic rings. The first kappa shape index (κ1) is 16.7. The molecule has 26 heavy (non-hydrogen) atoms. The molecule has 2 heterocycles. The average molecular weight is 353 g/mol. The number of hydrogen-bond donors (Lipinski definition) is 1. The van der Waals surface area contributed by atoms with E-state index in [0.717, 1.165) is 18.4 Å². The predicted molar refractivity (Wildman–Crippen MR) is 95.3 cm³/mol. The van der Waals surface area contributed by atoms with Gasteiger partial charge in [-0.15, -0.1) is 0 Å². The van der Waals surface area contributed by atoms with Crippen molar-refractivity contribution in [1.82, 2.24) is 4.98 Å². The summed E-state index contributed by atoms with van der Waals surface area (Å²) in [5.74, 6) is -0.448. The van der Waals surface area contributed by atoms with Crippen LogP contribution in [0.5, 0.6) is 0 Å². The first-order valence-electron chi connectivity index (χ1n) is 8.65. The monoisotopic (exact) mass is 353 g/mol. The highest BCUT2D eigenvalue weighted by molar-refractivity contribution is 5.95. The maximum atomic E-state index is 14.7. The summed E-state index contributed by atoms with van der Waals surface area (Å²) in [5.41, 5.74) is 6.37. The Morgan fingerprint density at radius 3 is 2.81 bits per heavy atom. The van der Waals surface area contributed by atoms with E-state index < -0.39 is 5.54 Å². The summed E-state index contributed by atoms with van der Waals surface area (Å²) < 4.78 is 20.1. The smallest absolute Gasteiger partial charge is 0.282 e. The lowest BCUT2D eigenvalue weighted by Crippen LogP contribution is -2.43. The fourth-order valence-corrected chi connectivity index (χ4v) is 3.71. The van der Waals surface area contributed by atoms with Gasteiger partial charge in [0.25, 0.3) is 6.02 Å². The van der Waals surface area contributed by atoms with E-state index in [4.69, 9.17) is 10.5 Å². The summed E-state index contributed by atoms with van der Waals surface area (Å²) in [7, 11) is 0. The van der Waals surface area contributed by atoms with Gasteiger partial charge in [-0.3, -0.25) is 9.78 Å². The molecule has 0 radical (unpaired) electrons. The van der Waals surface area contributed by atoms with Gasteiger partial charge in [0.2, 0.25) is 0 Å². The summed E-state index contributed by atoms with van der Waals surface area (Å²) in [6.45, 7) is 2.34. The molecule has 1 fully saturated rings. The second kappa shape index (κ2) is 5.90. The van der Waals surface area contributed by atoms with Gasteiger partial charge >= 0.3 is 0 Å². The molecule has 1 aromatic heterocycles. The maximum absolute atomic E-state index is 14.7. The Morgan fingerprint density at radius 1 is 1.31 bits per heavy atom. The zero-order chi connectivity index (χ0) is 18.4. The molecule has 1 aliphatic carbocycles. The van der Waals surface area contributed by atoms with E-state index in [1.807, 2.05) is 6.92 Å². The Kier molecular flexibility index (Phi) is 3.79. The van der Waals surface area contributed by atoms with Gasteiger partial charge in [-0.2, -0.15) is 0 Å². The molecular formula is C20H20FN3O2. The van der Waals surface area contributed by atoms with E-state index in [1.54, 1.807) is 36.5 Å². The van der Waals surface area contributed by atoms with Gasteiger partial charge in [0.15, 0.2) is 5.78 Å². The lowest BCUT2D eigenvalue weighted by molar-refractivity contribution is 0.0987. The Hall–Kier alpha value is -2.76. The van der Waals surface area contributed by atoms with Gasteiger partial charge in [0.1, 0.15) is 11.5 Å². The normalized spacial score (nSPS) is 23.2. The van der Waals surface area contributed by atoms with Crippen molar-refractivity contribution in [3.8, 4) is 0 Å². The van der Waals surface area contributed by atoms with Crippen LogP contribution in [0, 0.1) is 11.2 Å². The van der Waals surface area contributed by atoms with Gasteiger partial charge in [-0.05, 0) is 49.6 Å². The zero-order valence-electron chi connectivity index (χ0n) is 14.5. The number of benzene rings is 1. The summed E-state index contributed by atoms with van der Waals surface area (Å²) in [6, 6.07) is 10.1. The molecule has 1 aliphatic heterocycles. The second-order valence-corrected chi connectivity index (χ2v) is 7.22. The molecule has 1 saturated carbocycles. The first-order chi connectivity index (χ1) is 12.4. The van der Waals surface area contributed by atoms with Crippen LogP contribution >= 0.6 is 0 Å². The molecule has 0 saturated heterocycles. The van der Waals surface area contributed by atoms with Crippen molar-refractivity contribution in [2.45, 2.75) is 31.7 Å². The number of nitrogens with two attached hydrogens (primary N) is 1. The summed E-state index contributed by atoms with van der Waals surface area (Å²) in [6.07, 6.45) is 3.57. The minimum atomic E-state index is -0.788. The van der Waals surface area contributed by atoms with Crippen LogP contribution in [0.3, 0.4) is 0 Å². The largest absolute Gasteiger partial charge is 0.465 e. The van der Waals surface area contributed by atoms with E-state index in [1.165, 1.54) is 6.07 Å². The number of halogens is 1. The van der Waals surface area contributed by atoms with Crippen LogP contribution in [-0.2, 0) is 16.7 Å². The Labute approximate surface area is 151 Å². The molecule has 1 aromatic carbocycles. The first-order valence-corrected chi connectivity index (χ1v) is 8.65. The van der Waals surface area contributed by atoms with Gasteiger partial charge in [0, 0.05) is 23.6 Å². The fraction of sp³-hybridized carbons (Fsp3) is 0.350. The number of Topliss-reactive ketones (excluding diaryl/α,β-unsaturated/α-hetero) is 1. The lowest BCUT2D eigenvalue weighted by atomic mass is 9.76. The van der Waals surface area contributed by atoms with Crippen molar-refractivity contribution in [2.75, 3.05) is 6.61 Å². The highest BCUT2D eigenvalue weighted by Crippen LogP contribution is 2.62. The zero-order valence-corrected chi connectivity index (χ0v) is 14.5. The van der Waals surface area contributed by atoms with Crippen LogP contribution < -0.4 is 5.73 Å². The van der Waals surface area contributed by atoms with Crippen molar-refractivity contribution < 1.29 is 13.9 Å². The molecule has 0 unspecified atom stereocenters. The van der Waals surface area contributed by atoms with Crippen molar-refractivity contribution in [1.29, 1.82) is 0 Å². The fourth-order valence-electron chi connectivity index (χ4n) is 3.71. The number of carbonyl (C=O) groups is 1. The lowest BCUT2D eigenvalue weighted by Gasteiger charge is -2.38. The number of pyridine rings is 1. The van der Waals surface area contributed by atoms with Crippen LogP contribution in [0.25, 0.3) is 0 Å². The number of ketones is 1. The van der Waals surface area contributed by atoms with E-state index in [-0.39, 0.29) is 29.5 Å². The molecule has 134 valence electrons. The number of ether oxygens (including phenoxy) is 1. The van der Waals surface area contributed by atoms with Gasteiger partial charge in [-0.1, -0.05) is 12.1 Å². The Bertz CT molecular complexity index is 893. The molecule has 5 nitrogen and oxygen atoms in total. The summed E-state index contributed by atoms with van der Waals surface area (Å²) >= 11 is 0. The number of carbonyl (C=O) groups excluding carboxylic acids is 1. The third-order valence-electron chi connectivity index (χ3n) is 5.59. The highest BCUT2D eigenvalue weighted by Gasteiger charge is 2.61. The number of hydrogen-bond acceptors (Lipinski definition) is 5. The SMILES string of the molecule is C[C@]1(c2cc(CC(=O)c3ccccn3)ccc2F)N=C(N)OCC12CC2. The third kappa shape index (κ3) is 2.66. The number of rotatable bonds is 4. The molecule has 0 bridgehead atoms. The van der Waals surface area contributed by atoms with Crippen LogP contribution in [-0.4, -0.2) is 23.4 Å². The highest BCUT2D eigenvalue weighted by atomic mass is 19.1. The number of aromatic nitrogens is 1. The molecule has 2 N–H and O–H groups in total. The van der Waals surface area contributed by atoms with Crippen LogP contribution in [0.1, 0.15) is 41.4 Å². The van der Waals surface area contributed by atoms with E-state index in [0.29, 0.717) is 17.9 Å². The van der Waals surface area contributed by atoms with Gasteiger partial charge < -0.3 is 10.5 Å². The molecular weight excluding hydrogens is 333 g/mol. The van der Waals surface area contributed by atoms with Crippen molar-refractivity contribution in [3.05, 3.63) is 65.2 Å². The van der Waals surface area contributed by atoms with Crippen molar-refractivity contribution >= 4 is 11.8 Å². The van der Waals surface area contributed by atoms with Crippen LogP contribution in [0.2, 0.25) is 0 Å². The maximum Gasteiger partial charge on any atom is 0.282 e. The number of amidine groups is 1. The van der Waals surface area contributed by atoms with Gasteiger partial charge in [0.05, 0.1) is 12.1 Å². The van der Waals surface area contributed by atoms with Crippen LogP contribution in [0.4, 0.5) is 4.39 Å². The molecule has 6 heteroatoms. The van der Waals surface area contributed by atoms with E-state index in [2.05, 4.69) is 9.98 Å². The molecule has 4 rings (SSSR count). The second-order valence-electron chi connectivity index (χ2n) is 7.22. The quantitative estimate of drug-likeness (QED) is 0.857. The van der Waals surface area contributed by atoms with Gasteiger partial charge in [-0.25, -0.2) is 9.38 Å². The van der Waals surface area contributed by atoms with E-state index >= 15 is 0 Å². The number of nitrogens with zero attached hydrogens (tertiary/aromatic N) is 2. The van der Waals surface area contributed by atoms with Crippen molar-refractivity contribution in [2.24, 2.45) is 16.1 Å². The molecule has 0 amide bonds. The number of aliphatic imine (C=N–C) groups is 1. The summed E-state index contributed by atoms with van der Waals surface area (Å²) in [4.78, 5) is 21.0. The molecule has 2 aliphatic rings. The summed E-state index contributed by atoms with van der Waals surface area (Å²) in [5, 5.41) is 0. The minimum absolute atomic E-state index is 0.0828. The predicted octanol–water partition coefficient (Wildman–Crippen LogP) is 2.99. The average Bonchev–Trinajstić information content (AvgIpc) is 3.42. The Morgan fingerprint density at radius 2 is 2.12 bits per heavy atom. The molecule has 1 spiro atoms. The van der Waals surface area contributed by atoms with Crippen LogP contribution in [0.15, 0.2) is 47.6 Å².